The smallest absolute Gasteiger partial charge is 0.0908 e. The molecule has 0 spiro atoms. The molecule has 0 amide bonds. The molecule has 0 radical (unpaired) electrons. The molecule has 2 fully saturated rings. The van der Waals surface area contributed by atoms with Crippen LogP contribution in [0, 0.1) is 36.5 Å². The van der Waals surface area contributed by atoms with Crippen LogP contribution < -0.4 is 5.32 Å². The molecule has 1 aromatic rings. The van der Waals surface area contributed by atoms with Gasteiger partial charge in [0.05, 0.1) is 12.6 Å². The highest BCUT2D eigenvalue weighted by atomic mass is 15.2. The van der Waals surface area contributed by atoms with Crippen molar-refractivity contribution in [1.29, 1.82) is 0 Å². The fourth-order valence-corrected chi connectivity index (χ4v) is 5.14. The third-order valence-electron chi connectivity index (χ3n) is 7.43. The third kappa shape index (κ3) is 6.26. The number of rotatable bonds is 11. The Kier molecular flexibility index (Phi) is 8.35. The summed E-state index contributed by atoms with van der Waals surface area (Å²) >= 11 is 0. The van der Waals surface area contributed by atoms with Crippen molar-refractivity contribution in [2.24, 2.45) is 17.8 Å². The fraction of sp³-hybridized carbons (Fsp3) is 0.533. The maximum Gasteiger partial charge on any atom is 0.0908 e. The minimum Gasteiger partial charge on any atom is -0.372 e. The molecule has 33 heavy (non-hydrogen) atoms. The number of aryl methyl sites for hydroxylation is 1. The topological polar surface area (TPSA) is 18.5 Å². The summed E-state index contributed by atoms with van der Waals surface area (Å²) in [5.74, 6) is 8.33. The number of hydrogen-bond donors (Lipinski definition) is 1. The number of benzene rings is 1. The molecular weight excluding hydrogens is 402 g/mol. The highest BCUT2D eigenvalue weighted by Crippen LogP contribution is 2.38. The lowest BCUT2D eigenvalue weighted by Gasteiger charge is -2.32. The van der Waals surface area contributed by atoms with E-state index in [-0.39, 0.29) is 6.04 Å². The van der Waals surface area contributed by atoms with Gasteiger partial charge in [0.25, 0.3) is 0 Å². The van der Waals surface area contributed by atoms with Crippen molar-refractivity contribution in [3.05, 3.63) is 66.2 Å². The lowest BCUT2D eigenvalue weighted by molar-refractivity contribution is 0.303. The lowest BCUT2D eigenvalue weighted by Crippen LogP contribution is -2.34. The van der Waals surface area contributed by atoms with Gasteiger partial charge in [0.1, 0.15) is 0 Å². The van der Waals surface area contributed by atoms with Gasteiger partial charge in [0.15, 0.2) is 0 Å². The van der Waals surface area contributed by atoms with Crippen LogP contribution in [0.5, 0.6) is 0 Å². The summed E-state index contributed by atoms with van der Waals surface area (Å²) in [6.07, 6.45) is 6.02. The van der Waals surface area contributed by atoms with Crippen molar-refractivity contribution < 1.29 is 0 Å². The standard InChI is InChI=1S/C30H43N3/c1-9-12-28-18-27(24(6)31-30-14-11-13-21(3)29(30)10-2)20-33(28)23(5)19-32(8)25(7)22(4)17-26-15-16-26/h11,13-14,22,26-28,31H,5-7,10,15-20H2,1-4,8H3. The minimum absolute atomic E-state index is 0.180. The van der Waals surface area contributed by atoms with Gasteiger partial charge >= 0.3 is 0 Å². The first-order chi connectivity index (χ1) is 15.7. The number of likely N-dealkylation sites (tertiary alicyclic amines) is 1. The average molecular weight is 446 g/mol. The largest absolute Gasteiger partial charge is 0.372 e. The molecule has 0 aromatic heterocycles. The highest BCUT2D eigenvalue weighted by Gasteiger charge is 2.34. The molecule has 1 saturated heterocycles. The molecule has 3 unspecified atom stereocenters. The highest BCUT2D eigenvalue weighted by molar-refractivity contribution is 5.57. The van der Waals surface area contributed by atoms with E-state index in [0.29, 0.717) is 11.8 Å². The second-order valence-corrected chi connectivity index (χ2v) is 10.1. The molecule has 1 aliphatic carbocycles. The summed E-state index contributed by atoms with van der Waals surface area (Å²) in [4.78, 5) is 4.67. The van der Waals surface area contributed by atoms with Crippen LogP contribution in [-0.2, 0) is 6.42 Å². The number of likely N-dealkylation sites (N-methyl/N-ethyl adjacent to an activating group) is 1. The maximum atomic E-state index is 4.47. The van der Waals surface area contributed by atoms with Crippen molar-refractivity contribution in [2.75, 3.05) is 25.5 Å². The Bertz CT molecular complexity index is 943. The molecule has 0 bridgehead atoms. The first kappa shape index (κ1) is 25.0. The summed E-state index contributed by atoms with van der Waals surface area (Å²) in [5, 5.41) is 3.64. The van der Waals surface area contributed by atoms with Crippen LogP contribution in [0.1, 0.15) is 57.6 Å². The van der Waals surface area contributed by atoms with Gasteiger partial charge in [0, 0.05) is 42.3 Å². The zero-order valence-electron chi connectivity index (χ0n) is 21.5. The van der Waals surface area contributed by atoms with Crippen molar-refractivity contribution >= 4 is 5.69 Å². The SMILES string of the molecule is C=C(Nc1cccc(C)c1CC)C1CC(C#CC)N(C(=C)CN(C)C(=C)C(C)CC2CC2)C1. The normalized spacial score (nSPS) is 20.6. The number of hydrogen-bond acceptors (Lipinski definition) is 3. The Hall–Kier alpha value is -2.60. The minimum atomic E-state index is 0.180. The van der Waals surface area contributed by atoms with Gasteiger partial charge in [-0.1, -0.05) is 64.5 Å². The summed E-state index contributed by atoms with van der Waals surface area (Å²) < 4.78 is 0. The number of allylic oxidation sites excluding steroid dienone is 1. The van der Waals surface area contributed by atoms with E-state index in [2.05, 4.69) is 92.7 Å². The molecule has 2 aliphatic rings. The Balaban J connectivity index is 1.64. The van der Waals surface area contributed by atoms with E-state index in [1.165, 1.54) is 41.8 Å². The summed E-state index contributed by atoms with van der Waals surface area (Å²) in [5.41, 5.74) is 7.27. The van der Waals surface area contributed by atoms with E-state index in [1.54, 1.807) is 0 Å². The quantitative estimate of drug-likeness (QED) is 0.388. The summed E-state index contributed by atoms with van der Waals surface area (Å²) in [7, 11) is 2.15. The molecule has 3 heteroatoms. The number of anilines is 1. The molecule has 1 saturated carbocycles. The summed E-state index contributed by atoms with van der Waals surface area (Å²) in [6, 6.07) is 6.64. The second kappa shape index (κ2) is 11.0. The summed E-state index contributed by atoms with van der Waals surface area (Å²) in [6.45, 7) is 23.6. The lowest BCUT2D eigenvalue weighted by atomic mass is 10.0. The Morgan fingerprint density at radius 3 is 2.64 bits per heavy atom. The average Bonchev–Trinajstić information content (AvgIpc) is 3.49. The molecule has 1 N–H and O–H groups in total. The monoisotopic (exact) mass is 445 g/mol. The van der Waals surface area contributed by atoms with Gasteiger partial charge in [-0.2, -0.15) is 0 Å². The van der Waals surface area contributed by atoms with Gasteiger partial charge in [-0.25, -0.2) is 0 Å². The van der Waals surface area contributed by atoms with Gasteiger partial charge in [0.2, 0.25) is 0 Å². The van der Waals surface area contributed by atoms with Crippen molar-refractivity contribution in [1.82, 2.24) is 9.80 Å². The van der Waals surface area contributed by atoms with E-state index in [0.717, 1.165) is 43.2 Å². The van der Waals surface area contributed by atoms with E-state index in [9.17, 15) is 0 Å². The van der Waals surface area contributed by atoms with Gasteiger partial charge in [-0.05, 0) is 62.1 Å². The van der Waals surface area contributed by atoms with Crippen molar-refractivity contribution in [2.45, 2.75) is 65.8 Å². The third-order valence-corrected chi connectivity index (χ3v) is 7.43. The first-order valence-corrected chi connectivity index (χ1v) is 12.6. The number of nitrogens with zero attached hydrogens (tertiary/aromatic N) is 2. The van der Waals surface area contributed by atoms with E-state index in [1.807, 2.05) is 6.92 Å². The van der Waals surface area contributed by atoms with Crippen molar-refractivity contribution in [3.8, 4) is 11.8 Å². The molecule has 1 aromatic carbocycles. The Labute approximate surface area is 202 Å². The van der Waals surface area contributed by atoms with Crippen LogP contribution >= 0.6 is 0 Å². The van der Waals surface area contributed by atoms with Crippen LogP contribution in [-0.4, -0.2) is 36.0 Å². The van der Waals surface area contributed by atoms with Crippen LogP contribution in [0.3, 0.4) is 0 Å². The van der Waals surface area contributed by atoms with Crippen LogP contribution in [0.15, 0.2) is 55.0 Å². The van der Waals surface area contributed by atoms with Gasteiger partial charge < -0.3 is 15.1 Å². The van der Waals surface area contributed by atoms with Crippen LogP contribution in [0.25, 0.3) is 0 Å². The van der Waals surface area contributed by atoms with E-state index < -0.39 is 0 Å². The zero-order valence-corrected chi connectivity index (χ0v) is 21.5. The molecule has 178 valence electrons. The molecule has 1 aliphatic heterocycles. The predicted molar refractivity (Wildman–Crippen MR) is 143 cm³/mol. The molecule has 3 rings (SSSR count). The predicted octanol–water partition coefficient (Wildman–Crippen LogP) is 6.59. The van der Waals surface area contributed by atoms with Crippen LogP contribution in [0.4, 0.5) is 5.69 Å². The second-order valence-electron chi connectivity index (χ2n) is 10.1. The molecular formula is C30H43N3. The van der Waals surface area contributed by atoms with E-state index in [4.69, 9.17) is 0 Å². The Morgan fingerprint density at radius 2 is 2.00 bits per heavy atom. The van der Waals surface area contributed by atoms with Crippen LogP contribution in [0.2, 0.25) is 0 Å². The fourth-order valence-electron chi connectivity index (χ4n) is 5.14. The Morgan fingerprint density at radius 1 is 1.27 bits per heavy atom. The van der Waals surface area contributed by atoms with Gasteiger partial charge in [-0.15, -0.1) is 5.92 Å². The van der Waals surface area contributed by atoms with E-state index >= 15 is 0 Å². The van der Waals surface area contributed by atoms with Gasteiger partial charge in [-0.3, -0.25) is 0 Å². The first-order valence-electron chi connectivity index (χ1n) is 12.6. The molecule has 1 heterocycles. The molecule has 3 atom stereocenters. The molecule has 3 nitrogen and oxygen atoms in total. The van der Waals surface area contributed by atoms with Crippen molar-refractivity contribution in [3.63, 3.8) is 0 Å². The number of nitrogens with one attached hydrogen (secondary N) is 1. The maximum absolute atomic E-state index is 4.47. The zero-order chi connectivity index (χ0) is 24.1.